The van der Waals surface area contributed by atoms with Crippen molar-refractivity contribution in [2.45, 2.75) is 201 Å². The van der Waals surface area contributed by atoms with E-state index in [1.807, 2.05) is 13.8 Å². The summed E-state index contributed by atoms with van der Waals surface area (Å²) in [6.07, 6.45) is 26.9. The molecule has 0 spiro atoms. The van der Waals surface area contributed by atoms with Crippen LogP contribution in [0.1, 0.15) is 189 Å². The molecule has 0 aromatic heterocycles. The highest BCUT2D eigenvalue weighted by molar-refractivity contribution is 5.97. The molecule has 12 nitrogen and oxygen atoms in total. The fraction of sp³-hybridized carbons (Fsp3) is 0.897. The minimum Gasteiger partial charge on any atom is -0.481 e. The van der Waals surface area contributed by atoms with Crippen LogP contribution in [0.15, 0.2) is 15.0 Å². The zero-order valence-corrected chi connectivity index (χ0v) is 36.4. The number of aliphatic imine (C=N–C) groups is 3. The Bertz CT molecular complexity index is 953. The van der Waals surface area contributed by atoms with Crippen molar-refractivity contribution in [2.24, 2.45) is 26.4 Å². The summed E-state index contributed by atoms with van der Waals surface area (Å²) in [5.74, 6) is -0.329. The van der Waals surface area contributed by atoms with Crippen LogP contribution < -0.4 is 38.1 Å². The molecule has 10 N–H and O–H groups in total. The highest BCUT2D eigenvalue weighted by atomic mass is 35.5. The SMILES string of the molecule is CCCCCCCCN=C(N)NC(N)=NCCCCCCC.CCCCCCCCN=C1NC(C)(C)NC(CC(=O)O)(NCCCCCCC)N1.Cl.Cl. The Hall–Kier alpha value is -2.02. The predicted octanol–water partition coefficient (Wildman–Crippen LogP) is 8.29. The van der Waals surface area contributed by atoms with Crippen molar-refractivity contribution < 1.29 is 9.90 Å². The second-order valence-electron chi connectivity index (χ2n) is 14.7. The Balaban J connectivity index is -0.000000943. The summed E-state index contributed by atoms with van der Waals surface area (Å²) >= 11 is 0. The van der Waals surface area contributed by atoms with Crippen LogP contribution in [0.5, 0.6) is 0 Å². The first-order valence-electron chi connectivity index (χ1n) is 20.8. The van der Waals surface area contributed by atoms with Crippen LogP contribution in [0.3, 0.4) is 0 Å². The average Bonchev–Trinajstić information content (AvgIpc) is 3.06. The summed E-state index contributed by atoms with van der Waals surface area (Å²) in [6.45, 7) is 15.9. The minimum atomic E-state index is -0.898. The molecule has 14 heteroatoms. The van der Waals surface area contributed by atoms with Crippen LogP contribution in [0.4, 0.5) is 0 Å². The van der Waals surface area contributed by atoms with Gasteiger partial charge < -0.3 is 27.2 Å². The maximum absolute atomic E-state index is 11.6. The first-order valence-corrected chi connectivity index (χ1v) is 20.8. The first kappa shape index (κ1) is 55.3. The second kappa shape index (κ2) is 36.9. The van der Waals surface area contributed by atoms with Crippen molar-refractivity contribution in [3.8, 4) is 0 Å². The molecule has 0 aliphatic carbocycles. The predicted molar refractivity (Wildman–Crippen MR) is 234 cm³/mol. The van der Waals surface area contributed by atoms with E-state index in [0.717, 1.165) is 58.3 Å². The van der Waals surface area contributed by atoms with Gasteiger partial charge in [-0.3, -0.25) is 35.7 Å². The molecule has 0 radical (unpaired) electrons. The number of nitrogens with one attached hydrogen (secondary N) is 5. The van der Waals surface area contributed by atoms with Crippen LogP contribution in [0.25, 0.3) is 0 Å². The van der Waals surface area contributed by atoms with Gasteiger partial charge in [-0.1, -0.05) is 143 Å². The number of unbranched alkanes of at least 4 members (excludes halogenated alkanes) is 18. The number of carbonyl (C=O) groups is 1. The van der Waals surface area contributed by atoms with Crippen molar-refractivity contribution in [3.63, 3.8) is 0 Å². The van der Waals surface area contributed by atoms with Gasteiger partial charge in [0.2, 0.25) is 0 Å². The van der Waals surface area contributed by atoms with Crippen LogP contribution in [0, 0.1) is 0 Å². The molecule has 1 rings (SSSR count). The molecule has 1 aliphatic heterocycles. The third kappa shape index (κ3) is 34.2. The minimum absolute atomic E-state index is 0. The summed E-state index contributed by atoms with van der Waals surface area (Å²) in [5, 5.41) is 25.8. The molecule has 1 heterocycles. The Kier molecular flexibility index (Phi) is 38.5. The van der Waals surface area contributed by atoms with Crippen molar-refractivity contribution in [1.29, 1.82) is 0 Å². The lowest BCUT2D eigenvalue weighted by Gasteiger charge is -2.48. The number of guanidine groups is 3. The van der Waals surface area contributed by atoms with E-state index < -0.39 is 17.4 Å². The third-order valence-corrected chi connectivity index (χ3v) is 8.79. The number of carboxylic acids is 1. The fourth-order valence-electron chi connectivity index (χ4n) is 6.00. The van der Waals surface area contributed by atoms with Gasteiger partial charge in [-0.05, 0) is 46.1 Å². The number of nitrogens with zero attached hydrogens (tertiary/aromatic N) is 3. The molecule has 0 saturated carbocycles. The molecule has 316 valence electrons. The Labute approximate surface area is 337 Å². The van der Waals surface area contributed by atoms with Gasteiger partial charge in [0.25, 0.3) is 0 Å². The zero-order valence-electron chi connectivity index (χ0n) is 34.8. The summed E-state index contributed by atoms with van der Waals surface area (Å²) in [4.78, 5) is 24.8. The largest absolute Gasteiger partial charge is 0.481 e. The van der Waals surface area contributed by atoms with Crippen LogP contribution >= 0.6 is 24.8 Å². The summed E-state index contributed by atoms with van der Waals surface area (Å²) in [7, 11) is 0. The number of aliphatic carboxylic acids is 1. The highest BCUT2D eigenvalue weighted by Crippen LogP contribution is 2.15. The molecule has 0 amide bonds. The van der Waals surface area contributed by atoms with Crippen molar-refractivity contribution in [1.82, 2.24) is 26.6 Å². The summed E-state index contributed by atoms with van der Waals surface area (Å²) in [5.41, 5.74) is 11.1. The lowest BCUT2D eigenvalue weighted by Crippen LogP contribution is -2.82. The lowest BCUT2D eigenvalue weighted by atomic mass is 10.1. The van der Waals surface area contributed by atoms with Gasteiger partial charge in [0.1, 0.15) is 0 Å². The number of nitrogens with two attached hydrogens (primary N) is 2. The molecule has 1 atom stereocenters. The molecular formula is C39H84Cl2N10O2. The summed E-state index contributed by atoms with van der Waals surface area (Å²) in [6, 6.07) is 0. The average molecular weight is 796 g/mol. The van der Waals surface area contributed by atoms with Gasteiger partial charge in [-0.2, -0.15) is 0 Å². The van der Waals surface area contributed by atoms with E-state index in [2.05, 4.69) is 69.3 Å². The van der Waals surface area contributed by atoms with Gasteiger partial charge in [0.05, 0.1) is 12.1 Å². The van der Waals surface area contributed by atoms with Gasteiger partial charge in [0, 0.05) is 19.6 Å². The number of halogens is 2. The molecule has 1 aliphatic rings. The lowest BCUT2D eigenvalue weighted by molar-refractivity contribution is -0.139. The maximum Gasteiger partial charge on any atom is 0.308 e. The van der Waals surface area contributed by atoms with Crippen molar-refractivity contribution in [3.05, 3.63) is 0 Å². The smallest absolute Gasteiger partial charge is 0.308 e. The molecule has 0 aromatic rings. The van der Waals surface area contributed by atoms with Gasteiger partial charge in [0.15, 0.2) is 23.7 Å². The van der Waals surface area contributed by atoms with Crippen LogP contribution in [0.2, 0.25) is 0 Å². The standard InChI is InChI=1S/C22H45N5O2.C17H37N5.2ClH/c1-5-7-9-11-13-14-16-23-20-25-21(3,4)27-22(26-20,18-19(28)29)24-17-15-12-10-8-6-2;1-3-5-7-9-11-13-15-21-17(19)22-16(18)20-14-12-10-8-6-4-2;;/h24,27H,5-18H2,1-4H3,(H,28,29)(H2,23,25,26);3-15H2,1-2H3,(H5,18,19,20,21,22);2*1H. The topological polar surface area (TPSA) is 187 Å². The normalized spacial score (nSPS) is 17.4. The molecule has 1 unspecified atom stereocenters. The number of carboxylic acid groups (broad SMARTS) is 1. The number of hydrogen-bond acceptors (Lipinski definition) is 6. The van der Waals surface area contributed by atoms with Gasteiger partial charge >= 0.3 is 5.97 Å². The molecule has 1 fully saturated rings. The van der Waals surface area contributed by atoms with Crippen molar-refractivity contribution in [2.75, 3.05) is 26.2 Å². The van der Waals surface area contributed by atoms with Gasteiger partial charge in [-0.15, -0.1) is 24.8 Å². The third-order valence-electron chi connectivity index (χ3n) is 8.79. The van der Waals surface area contributed by atoms with Gasteiger partial charge in [-0.25, -0.2) is 0 Å². The van der Waals surface area contributed by atoms with E-state index >= 15 is 0 Å². The van der Waals surface area contributed by atoms with E-state index in [9.17, 15) is 9.90 Å². The summed E-state index contributed by atoms with van der Waals surface area (Å²) < 4.78 is 0. The van der Waals surface area contributed by atoms with E-state index in [-0.39, 0.29) is 31.2 Å². The highest BCUT2D eigenvalue weighted by Gasteiger charge is 2.42. The van der Waals surface area contributed by atoms with E-state index in [4.69, 9.17) is 11.5 Å². The van der Waals surface area contributed by atoms with Crippen LogP contribution in [-0.2, 0) is 4.79 Å². The second-order valence-corrected chi connectivity index (χ2v) is 14.7. The number of rotatable bonds is 29. The molecule has 0 aromatic carbocycles. The molecular weight excluding hydrogens is 711 g/mol. The zero-order chi connectivity index (χ0) is 38.1. The Morgan fingerprint density at radius 1 is 0.623 bits per heavy atom. The first-order chi connectivity index (χ1) is 24.5. The molecule has 53 heavy (non-hydrogen) atoms. The monoisotopic (exact) mass is 795 g/mol. The Morgan fingerprint density at radius 2 is 1.02 bits per heavy atom. The maximum atomic E-state index is 11.6. The van der Waals surface area contributed by atoms with Crippen molar-refractivity contribution >= 4 is 48.7 Å². The van der Waals surface area contributed by atoms with E-state index in [0.29, 0.717) is 17.9 Å². The quantitative estimate of drug-likeness (QED) is 0.0210. The van der Waals surface area contributed by atoms with E-state index in [1.165, 1.54) is 109 Å². The van der Waals surface area contributed by atoms with Crippen LogP contribution in [-0.4, -0.2) is 66.6 Å². The van der Waals surface area contributed by atoms with E-state index in [1.54, 1.807) is 0 Å². The molecule has 1 saturated heterocycles. The number of hydrogen-bond donors (Lipinski definition) is 8. The Morgan fingerprint density at radius 3 is 1.45 bits per heavy atom. The molecule has 0 bridgehead atoms. The fourth-order valence-corrected chi connectivity index (χ4v) is 6.00.